The average molecular weight is 274 g/mol. The standard InChI is InChI=1S/C15H16ClN3/c1-10-6-5-7-11(8-10)19-14(16)12(9-17)13(18-19)15(2,3)4/h5-8H,1-4H3. The molecule has 19 heavy (non-hydrogen) atoms. The maximum Gasteiger partial charge on any atom is 0.150 e. The summed E-state index contributed by atoms with van der Waals surface area (Å²) in [7, 11) is 0. The lowest BCUT2D eigenvalue weighted by Crippen LogP contribution is -2.14. The number of hydrogen-bond acceptors (Lipinski definition) is 2. The molecule has 0 amide bonds. The molecule has 0 bridgehead atoms. The average Bonchev–Trinajstić information content (AvgIpc) is 2.66. The Labute approximate surface area is 118 Å². The first-order chi connectivity index (χ1) is 8.84. The lowest BCUT2D eigenvalue weighted by atomic mass is 9.90. The van der Waals surface area contributed by atoms with Crippen molar-refractivity contribution in [1.29, 1.82) is 5.26 Å². The smallest absolute Gasteiger partial charge is 0.150 e. The van der Waals surface area contributed by atoms with Crippen LogP contribution in [0.4, 0.5) is 0 Å². The van der Waals surface area contributed by atoms with Gasteiger partial charge >= 0.3 is 0 Å². The summed E-state index contributed by atoms with van der Waals surface area (Å²) in [6.45, 7) is 8.07. The molecule has 1 aromatic carbocycles. The molecular weight excluding hydrogens is 258 g/mol. The van der Waals surface area contributed by atoms with Gasteiger partial charge in [-0.25, -0.2) is 4.68 Å². The highest BCUT2D eigenvalue weighted by Crippen LogP contribution is 2.31. The number of benzene rings is 1. The SMILES string of the molecule is Cc1cccc(-n2nc(C(C)(C)C)c(C#N)c2Cl)c1. The zero-order valence-corrected chi connectivity index (χ0v) is 12.3. The van der Waals surface area contributed by atoms with Crippen LogP contribution < -0.4 is 0 Å². The monoisotopic (exact) mass is 273 g/mol. The number of rotatable bonds is 1. The molecule has 0 fully saturated rings. The van der Waals surface area contributed by atoms with Crippen LogP contribution in [0.3, 0.4) is 0 Å². The molecule has 3 nitrogen and oxygen atoms in total. The molecule has 0 aliphatic rings. The van der Waals surface area contributed by atoms with Crippen molar-refractivity contribution in [3.05, 3.63) is 46.2 Å². The Bertz CT molecular complexity index is 657. The number of hydrogen-bond donors (Lipinski definition) is 0. The Balaban J connectivity index is 2.68. The van der Waals surface area contributed by atoms with E-state index in [1.54, 1.807) is 4.68 Å². The summed E-state index contributed by atoms with van der Waals surface area (Å²) in [5.41, 5.74) is 2.96. The molecule has 1 aromatic heterocycles. The zero-order chi connectivity index (χ0) is 14.2. The maximum atomic E-state index is 9.29. The number of nitrogens with zero attached hydrogens (tertiary/aromatic N) is 3. The summed E-state index contributed by atoms with van der Waals surface area (Å²) in [6, 6.07) is 10.0. The van der Waals surface area contributed by atoms with E-state index in [9.17, 15) is 5.26 Å². The molecule has 2 aromatic rings. The molecule has 0 radical (unpaired) electrons. The van der Waals surface area contributed by atoms with Gasteiger partial charge in [0.05, 0.1) is 11.4 Å². The second-order valence-corrected chi connectivity index (χ2v) is 5.99. The molecule has 0 aliphatic heterocycles. The van der Waals surface area contributed by atoms with Crippen LogP contribution in [0.25, 0.3) is 5.69 Å². The van der Waals surface area contributed by atoms with E-state index >= 15 is 0 Å². The fourth-order valence-corrected chi connectivity index (χ4v) is 2.22. The zero-order valence-electron chi connectivity index (χ0n) is 11.5. The van der Waals surface area contributed by atoms with Gasteiger partial charge in [0, 0.05) is 5.41 Å². The van der Waals surface area contributed by atoms with Gasteiger partial charge in [0.15, 0.2) is 5.15 Å². The maximum absolute atomic E-state index is 9.29. The van der Waals surface area contributed by atoms with Crippen LogP contribution in [0.5, 0.6) is 0 Å². The van der Waals surface area contributed by atoms with Crippen LogP contribution in [0.2, 0.25) is 5.15 Å². The molecule has 0 unspecified atom stereocenters. The third-order valence-corrected chi connectivity index (χ3v) is 3.25. The van der Waals surface area contributed by atoms with E-state index in [0.29, 0.717) is 10.7 Å². The first-order valence-corrected chi connectivity index (χ1v) is 6.48. The Kier molecular flexibility index (Phi) is 3.38. The van der Waals surface area contributed by atoms with Gasteiger partial charge in [-0.2, -0.15) is 10.4 Å². The molecule has 0 saturated heterocycles. The minimum Gasteiger partial charge on any atom is -0.221 e. The number of aryl methyl sites for hydroxylation is 1. The molecule has 2 rings (SSSR count). The molecule has 0 spiro atoms. The summed E-state index contributed by atoms with van der Waals surface area (Å²) in [4.78, 5) is 0. The van der Waals surface area contributed by atoms with E-state index in [2.05, 4.69) is 11.2 Å². The lowest BCUT2D eigenvalue weighted by Gasteiger charge is -2.15. The molecule has 0 N–H and O–H groups in total. The Morgan fingerprint density at radius 3 is 2.47 bits per heavy atom. The van der Waals surface area contributed by atoms with Crippen molar-refractivity contribution in [3.8, 4) is 11.8 Å². The molecular formula is C15H16ClN3. The van der Waals surface area contributed by atoms with Crippen molar-refractivity contribution in [3.63, 3.8) is 0 Å². The van der Waals surface area contributed by atoms with Gasteiger partial charge in [-0.3, -0.25) is 0 Å². The van der Waals surface area contributed by atoms with E-state index in [-0.39, 0.29) is 5.41 Å². The van der Waals surface area contributed by atoms with E-state index in [1.807, 2.05) is 52.0 Å². The lowest BCUT2D eigenvalue weighted by molar-refractivity contribution is 0.559. The Hall–Kier alpha value is -1.79. The molecule has 4 heteroatoms. The largest absolute Gasteiger partial charge is 0.221 e. The Morgan fingerprint density at radius 2 is 2.00 bits per heavy atom. The molecule has 0 atom stereocenters. The first kappa shape index (κ1) is 13.6. The second kappa shape index (κ2) is 4.71. The van der Waals surface area contributed by atoms with Crippen molar-refractivity contribution < 1.29 is 0 Å². The van der Waals surface area contributed by atoms with E-state index in [4.69, 9.17) is 11.6 Å². The van der Waals surface area contributed by atoms with Gasteiger partial charge in [0.2, 0.25) is 0 Å². The van der Waals surface area contributed by atoms with E-state index in [1.165, 1.54) is 0 Å². The number of halogens is 1. The van der Waals surface area contributed by atoms with Crippen LogP contribution in [-0.4, -0.2) is 9.78 Å². The third-order valence-electron chi connectivity index (χ3n) is 2.90. The summed E-state index contributed by atoms with van der Waals surface area (Å²) >= 11 is 6.30. The van der Waals surface area contributed by atoms with Gasteiger partial charge < -0.3 is 0 Å². The fraction of sp³-hybridized carbons (Fsp3) is 0.333. The minimum absolute atomic E-state index is 0.218. The minimum atomic E-state index is -0.218. The van der Waals surface area contributed by atoms with Gasteiger partial charge in [-0.1, -0.05) is 44.5 Å². The van der Waals surface area contributed by atoms with Crippen molar-refractivity contribution in [2.75, 3.05) is 0 Å². The third kappa shape index (κ3) is 2.50. The first-order valence-electron chi connectivity index (χ1n) is 6.10. The highest BCUT2D eigenvalue weighted by Gasteiger charge is 2.26. The van der Waals surface area contributed by atoms with E-state index in [0.717, 1.165) is 16.9 Å². The van der Waals surface area contributed by atoms with Crippen LogP contribution in [-0.2, 0) is 5.41 Å². The number of aromatic nitrogens is 2. The van der Waals surface area contributed by atoms with Gasteiger partial charge in [-0.05, 0) is 24.6 Å². The van der Waals surface area contributed by atoms with Crippen LogP contribution in [0, 0.1) is 18.3 Å². The molecule has 0 saturated carbocycles. The highest BCUT2D eigenvalue weighted by atomic mass is 35.5. The molecule has 1 heterocycles. The fourth-order valence-electron chi connectivity index (χ4n) is 1.95. The topological polar surface area (TPSA) is 41.6 Å². The summed E-state index contributed by atoms with van der Waals surface area (Å²) in [5.74, 6) is 0. The van der Waals surface area contributed by atoms with Crippen LogP contribution in [0.15, 0.2) is 24.3 Å². The van der Waals surface area contributed by atoms with Gasteiger partial charge in [0.25, 0.3) is 0 Å². The van der Waals surface area contributed by atoms with Crippen LogP contribution in [0.1, 0.15) is 37.6 Å². The van der Waals surface area contributed by atoms with Crippen molar-refractivity contribution in [2.24, 2.45) is 0 Å². The molecule has 0 aliphatic carbocycles. The molecule has 98 valence electrons. The quantitative estimate of drug-likeness (QED) is 0.788. The predicted molar refractivity (Wildman–Crippen MR) is 76.7 cm³/mol. The van der Waals surface area contributed by atoms with Crippen molar-refractivity contribution in [1.82, 2.24) is 9.78 Å². The highest BCUT2D eigenvalue weighted by molar-refractivity contribution is 6.31. The van der Waals surface area contributed by atoms with Crippen LogP contribution >= 0.6 is 11.6 Å². The number of nitriles is 1. The Morgan fingerprint density at radius 1 is 1.32 bits per heavy atom. The second-order valence-electron chi connectivity index (χ2n) is 5.63. The summed E-state index contributed by atoms with van der Waals surface area (Å²) < 4.78 is 1.63. The van der Waals surface area contributed by atoms with Crippen molar-refractivity contribution >= 4 is 11.6 Å². The summed E-state index contributed by atoms with van der Waals surface area (Å²) in [6.07, 6.45) is 0. The van der Waals surface area contributed by atoms with Gasteiger partial charge in [0.1, 0.15) is 11.6 Å². The summed E-state index contributed by atoms with van der Waals surface area (Å²) in [5, 5.41) is 14.2. The van der Waals surface area contributed by atoms with Crippen molar-refractivity contribution in [2.45, 2.75) is 33.1 Å². The predicted octanol–water partition coefficient (Wildman–Crippen LogP) is 4.00. The van der Waals surface area contributed by atoms with E-state index < -0.39 is 0 Å². The van der Waals surface area contributed by atoms with Gasteiger partial charge in [-0.15, -0.1) is 0 Å². The normalized spacial score (nSPS) is 11.4.